The van der Waals surface area contributed by atoms with Crippen molar-refractivity contribution >= 4 is 46.3 Å². The maximum atomic E-state index is 12.6. The van der Waals surface area contributed by atoms with Gasteiger partial charge in [0.05, 0.1) is 28.2 Å². The minimum atomic E-state index is -4.35. The van der Waals surface area contributed by atoms with Crippen LogP contribution in [-0.4, -0.2) is 28.0 Å². The molecule has 1 aromatic carbocycles. The third-order valence-electron chi connectivity index (χ3n) is 4.12. The van der Waals surface area contributed by atoms with E-state index in [2.05, 4.69) is 20.6 Å². The Kier molecular flexibility index (Phi) is 6.61. The van der Waals surface area contributed by atoms with E-state index in [4.69, 9.17) is 11.6 Å². The number of hydrogen-bond donors (Lipinski definition) is 2. The largest absolute Gasteiger partial charge is 0.393 e. The lowest BCUT2D eigenvalue weighted by Gasteiger charge is -2.12. The molecule has 2 N–H and O–H groups in total. The average molecular weight is 469 g/mol. The maximum Gasteiger partial charge on any atom is 0.393 e. The molecule has 0 aliphatic carbocycles. The first-order chi connectivity index (χ1) is 14.5. The van der Waals surface area contributed by atoms with E-state index in [1.165, 1.54) is 41.8 Å². The number of anilines is 2. The van der Waals surface area contributed by atoms with Gasteiger partial charge in [-0.25, -0.2) is 9.97 Å². The van der Waals surface area contributed by atoms with Crippen molar-refractivity contribution in [1.82, 2.24) is 9.97 Å². The second kappa shape index (κ2) is 9.03. The Morgan fingerprint density at radius 2 is 1.81 bits per heavy atom. The Hall–Kier alpha value is -2.98. The molecule has 0 unspecified atom stereocenters. The third-order valence-corrected chi connectivity index (χ3v) is 5.35. The van der Waals surface area contributed by atoms with E-state index in [1.54, 1.807) is 13.8 Å². The van der Waals surface area contributed by atoms with Crippen molar-refractivity contribution in [1.29, 1.82) is 0 Å². The van der Waals surface area contributed by atoms with Gasteiger partial charge in [0.15, 0.2) is 0 Å². The number of halogens is 4. The van der Waals surface area contributed by atoms with E-state index >= 15 is 0 Å². The predicted molar refractivity (Wildman–Crippen MR) is 113 cm³/mol. The van der Waals surface area contributed by atoms with Gasteiger partial charge in [-0.1, -0.05) is 17.7 Å². The zero-order chi connectivity index (χ0) is 22.8. The molecule has 0 atom stereocenters. The number of amides is 2. The van der Waals surface area contributed by atoms with Gasteiger partial charge in [-0.05, 0) is 43.2 Å². The summed E-state index contributed by atoms with van der Waals surface area (Å²) in [5.41, 5.74) is 1.08. The molecule has 0 saturated carbocycles. The predicted octanol–water partition coefficient (Wildman–Crippen LogP) is 5.42. The molecule has 0 radical (unpaired) electrons. The van der Waals surface area contributed by atoms with Gasteiger partial charge in [0.1, 0.15) is 10.7 Å². The van der Waals surface area contributed by atoms with Crippen LogP contribution in [0.25, 0.3) is 0 Å². The van der Waals surface area contributed by atoms with Crippen molar-refractivity contribution < 1.29 is 22.8 Å². The first-order valence-electron chi connectivity index (χ1n) is 8.89. The van der Waals surface area contributed by atoms with Crippen molar-refractivity contribution in [3.63, 3.8) is 0 Å². The number of nitrogens with zero attached hydrogens (tertiary/aromatic N) is 2. The van der Waals surface area contributed by atoms with E-state index in [1.807, 2.05) is 0 Å². The lowest BCUT2D eigenvalue weighted by molar-refractivity contribution is -0.127. The van der Waals surface area contributed by atoms with Crippen LogP contribution >= 0.6 is 22.9 Å². The number of aromatic nitrogens is 2. The molecule has 6 nitrogen and oxygen atoms in total. The monoisotopic (exact) mass is 468 g/mol. The van der Waals surface area contributed by atoms with E-state index in [0.29, 0.717) is 16.1 Å². The Bertz CT molecular complexity index is 1130. The third kappa shape index (κ3) is 6.02. The number of thiazole rings is 1. The van der Waals surface area contributed by atoms with Crippen LogP contribution < -0.4 is 10.6 Å². The summed E-state index contributed by atoms with van der Waals surface area (Å²) in [6.07, 6.45) is -2.95. The zero-order valence-electron chi connectivity index (χ0n) is 16.3. The van der Waals surface area contributed by atoms with Gasteiger partial charge in [-0.2, -0.15) is 13.2 Å². The summed E-state index contributed by atoms with van der Waals surface area (Å²) < 4.78 is 37.3. The quantitative estimate of drug-likeness (QED) is 0.524. The van der Waals surface area contributed by atoms with Gasteiger partial charge < -0.3 is 10.6 Å². The number of nitrogens with one attached hydrogen (secondary N) is 2. The fraction of sp³-hybridized carbons (Fsp3) is 0.200. The highest BCUT2D eigenvalue weighted by Crippen LogP contribution is 2.27. The maximum absolute atomic E-state index is 12.6. The second-order valence-corrected chi connectivity index (χ2v) is 8.28. The van der Waals surface area contributed by atoms with Gasteiger partial charge >= 0.3 is 6.18 Å². The van der Waals surface area contributed by atoms with Crippen molar-refractivity contribution in [2.24, 2.45) is 0 Å². The minimum absolute atomic E-state index is 0.0258. The Morgan fingerprint density at radius 1 is 1.06 bits per heavy atom. The van der Waals surface area contributed by atoms with E-state index in [0.717, 1.165) is 11.2 Å². The first kappa shape index (κ1) is 22.7. The highest BCUT2D eigenvalue weighted by molar-refractivity contribution is 7.13. The fourth-order valence-corrected chi connectivity index (χ4v) is 3.63. The molecule has 0 aliphatic heterocycles. The van der Waals surface area contributed by atoms with Crippen LogP contribution in [0.2, 0.25) is 5.02 Å². The van der Waals surface area contributed by atoms with Crippen LogP contribution in [0, 0.1) is 13.8 Å². The number of pyridine rings is 1. The summed E-state index contributed by atoms with van der Waals surface area (Å²) in [7, 11) is 0. The number of rotatable bonds is 5. The second-order valence-electron chi connectivity index (χ2n) is 6.64. The topological polar surface area (TPSA) is 84.0 Å². The van der Waals surface area contributed by atoms with Gasteiger partial charge in [0.2, 0.25) is 0 Å². The number of aryl methyl sites for hydroxylation is 2. The molecule has 0 saturated heterocycles. The smallest absolute Gasteiger partial charge is 0.321 e. The SMILES string of the molecule is Cc1ncc(C(=O)Nc2cc(C(=O)Nc3ccc(CC(F)(F)F)cn3)c(Cl)cc2C)s1. The molecule has 0 bridgehead atoms. The van der Waals surface area contributed by atoms with Crippen molar-refractivity contribution in [2.45, 2.75) is 26.4 Å². The number of carbonyl (C=O) groups excluding carboxylic acids is 2. The average Bonchev–Trinajstić information content (AvgIpc) is 3.10. The Morgan fingerprint density at radius 3 is 2.39 bits per heavy atom. The van der Waals surface area contributed by atoms with E-state index in [9.17, 15) is 22.8 Å². The molecule has 0 fully saturated rings. The van der Waals surface area contributed by atoms with Gasteiger partial charge in [0, 0.05) is 11.9 Å². The van der Waals surface area contributed by atoms with Gasteiger partial charge in [-0.15, -0.1) is 11.3 Å². The summed E-state index contributed by atoms with van der Waals surface area (Å²) in [5.74, 6) is -0.923. The lowest BCUT2D eigenvalue weighted by Crippen LogP contribution is -2.16. The fourth-order valence-electron chi connectivity index (χ4n) is 2.65. The number of hydrogen-bond acceptors (Lipinski definition) is 5. The lowest BCUT2D eigenvalue weighted by atomic mass is 10.1. The van der Waals surface area contributed by atoms with Crippen LogP contribution in [0.1, 0.15) is 36.2 Å². The van der Waals surface area contributed by atoms with Crippen molar-refractivity contribution in [2.75, 3.05) is 10.6 Å². The minimum Gasteiger partial charge on any atom is -0.321 e. The molecule has 11 heteroatoms. The molecule has 3 rings (SSSR count). The molecule has 0 spiro atoms. The molecule has 0 aliphatic rings. The van der Waals surface area contributed by atoms with Crippen LogP contribution in [0.4, 0.5) is 24.7 Å². The normalized spacial score (nSPS) is 11.3. The van der Waals surface area contributed by atoms with Crippen LogP contribution in [0.3, 0.4) is 0 Å². The number of alkyl halides is 3. The molecule has 2 aromatic heterocycles. The highest BCUT2D eigenvalue weighted by atomic mass is 35.5. The van der Waals surface area contributed by atoms with Gasteiger partial charge in [0.25, 0.3) is 11.8 Å². The van der Waals surface area contributed by atoms with Gasteiger partial charge in [-0.3, -0.25) is 9.59 Å². The molecule has 3 aromatic rings. The molecule has 2 amide bonds. The van der Waals surface area contributed by atoms with Crippen LogP contribution in [0.15, 0.2) is 36.7 Å². The van der Waals surface area contributed by atoms with Crippen LogP contribution in [0.5, 0.6) is 0 Å². The summed E-state index contributed by atoms with van der Waals surface area (Å²) in [6, 6.07) is 5.46. The Labute approximate surface area is 184 Å². The summed E-state index contributed by atoms with van der Waals surface area (Å²) in [6.45, 7) is 3.50. The van der Waals surface area contributed by atoms with Crippen molar-refractivity contribution in [3.05, 3.63) is 68.3 Å². The van der Waals surface area contributed by atoms with E-state index < -0.39 is 18.5 Å². The number of carbonyl (C=O) groups is 2. The molecule has 2 heterocycles. The Balaban J connectivity index is 1.76. The van der Waals surface area contributed by atoms with Crippen LogP contribution in [-0.2, 0) is 6.42 Å². The number of benzene rings is 1. The summed E-state index contributed by atoms with van der Waals surface area (Å²) in [4.78, 5) is 33.3. The van der Waals surface area contributed by atoms with Crippen molar-refractivity contribution in [3.8, 4) is 0 Å². The zero-order valence-corrected chi connectivity index (χ0v) is 17.9. The molecule has 162 valence electrons. The summed E-state index contributed by atoms with van der Waals surface area (Å²) >= 11 is 7.42. The standard InChI is InChI=1S/C20H16ClF3N4O2S/c1-10-5-14(21)13(6-15(10)27-19(30)16-9-25-11(2)31-16)18(29)28-17-4-3-12(8-26-17)7-20(22,23)24/h3-6,8-9H,7H2,1-2H3,(H,27,30)(H,26,28,29). The molecular weight excluding hydrogens is 453 g/mol. The molecule has 31 heavy (non-hydrogen) atoms. The highest BCUT2D eigenvalue weighted by Gasteiger charge is 2.27. The first-order valence-corrected chi connectivity index (χ1v) is 10.1. The van der Waals surface area contributed by atoms with E-state index in [-0.39, 0.29) is 27.9 Å². The molecular formula is C20H16ClF3N4O2S. The summed E-state index contributed by atoms with van der Waals surface area (Å²) in [5, 5.41) is 6.10.